The number of aliphatic hydroxyl groups excluding tert-OH is 1. The highest BCUT2D eigenvalue weighted by atomic mass is 16.5. The second-order valence-electron chi connectivity index (χ2n) is 5.66. The number of hydrogen-bond donors (Lipinski definition) is 5. The summed E-state index contributed by atoms with van der Waals surface area (Å²) in [6.07, 6.45) is 3.82. The molecular weight excluding hydrogens is 284 g/mol. The maximum absolute atomic E-state index is 12.0. The van der Waals surface area contributed by atoms with Crippen LogP contribution < -0.4 is 22.1 Å². The van der Waals surface area contributed by atoms with Crippen LogP contribution in [0.1, 0.15) is 40.0 Å². The van der Waals surface area contributed by atoms with Crippen LogP contribution in [0.3, 0.4) is 0 Å². The average molecular weight is 312 g/mol. The fraction of sp³-hybridized carbons (Fsp3) is 0.667. The van der Waals surface area contributed by atoms with Crippen molar-refractivity contribution in [2.24, 2.45) is 17.4 Å². The highest BCUT2D eigenvalue weighted by molar-refractivity contribution is 5.94. The molecule has 1 aliphatic rings. The van der Waals surface area contributed by atoms with Crippen LogP contribution in [0.25, 0.3) is 0 Å². The molecule has 7 nitrogen and oxygen atoms in total. The van der Waals surface area contributed by atoms with Crippen LogP contribution in [0, 0.1) is 5.92 Å². The van der Waals surface area contributed by atoms with Gasteiger partial charge in [-0.3, -0.25) is 4.79 Å². The van der Waals surface area contributed by atoms with E-state index in [0.717, 1.165) is 19.3 Å². The second-order valence-corrected chi connectivity index (χ2v) is 5.66. The summed E-state index contributed by atoms with van der Waals surface area (Å²) in [4.78, 5) is 12.0. The van der Waals surface area contributed by atoms with Crippen LogP contribution in [0.5, 0.6) is 0 Å². The highest BCUT2D eigenvalue weighted by Gasteiger charge is 2.32. The predicted molar refractivity (Wildman–Crippen MR) is 84.9 cm³/mol. The van der Waals surface area contributed by atoms with E-state index >= 15 is 0 Å². The fourth-order valence-corrected chi connectivity index (χ4v) is 2.24. The van der Waals surface area contributed by atoms with E-state index in [1.807, 2.05) is 13.8 Å². The summed E-state index contributed by atoms with van der Waals surface area (Å²) in [5, 5.41) is 14.8. The number of hydrogen-bond acceptors (Lipinski definition) is 6. The molecule has 1 fully saturated rings. The number of unbranched alkanes of at least 4 members (excludes halogenated alkanes) is 1. The standard InChI is InChI=1S/C15H28N4O3/c1-4-5-6-12(16)19-14(21)13(17)10(3)18-15-9(2)7-11(8-20)22-15/h6,9,11,15,18,20H,4-5,7-8,16-17H2,1-3H3,(H,19,21)/b12-6+,13-10-. The minimum absolute atomic E-state index is 0.0139. The third kappa shape index (κ3) is 5.23. The van der Waals surface area contributed by atoms with Crippen LogP contribution in [0.4, 0.5) is 0 Å². The van der Waals surface area contributed by atoms with Gasteiger partial charge in [-0.1, -0.05) is 20.3 Å². The number of ether oxygens (including phenoxy) is 1. The van der Waals surface area contributed by atoms with Crippen molar-refractivity contribution in [2.75, 3.05) is 6.61 Å². The molecule has 7 N–H and O–H groups in total. The Labute approximate surface area is 131 Å². The normalized spacial score (nSPS) is 26.5. The van der Waals surface area contributed by atoms with Gasteiger partial charge in [0.2, 0.25) is 0 Å². The molecule has 0 radical (unpaired) electrons. The average Bonchev–Trinajstić information content (AvgIpc) is 2.84. The van der Waals surface area contributed by atoms with E-state index in [2.05, 4.69) is 10.6 Å². The number of nitrogens with one attached hydrogen (secondary N) is 2. The molecule has 0 aromatic heterocycles. The van der Waals surface area contributed by atoms with Crippen molar-refractivity contribution in [3.63, 3.8) is 0 Å². The van der Waals surface area contributed by atoms with Gasteiger partial charge in [0, 0.05) is 11.6 Å². The quantitative estimate of drug-likeness (QED) is 0.429. The van der Waals surface area contributed by atoms with Gasteiger partial charge in [0.15, 0.2) is 0 Å². The first-order valence-electron chi connectivity index (χ1n) is 7.65. The molecule has 3 unspecified atom stereocenters. The molecule has 22 heavy (non-hydrogen) atoms. The molecular formula is C15H28N4O3. The first kappa shape index (κ1) is 18.3. The van der Waals surface area contributed by atoms with Crippen LogP contribution >= 0.6 is 0 Å². The van der Waals surface area contributed by atoms with Crippen molar-refractivity contribution in [3.8, 4) is 0 Å². The Morgan fingerprint density at radius 2 is 2.14 bits per heavy atom. The van der Waals surface area contributed by atoms with Gasteiger partial charge >= 0.3 is 0 Å². The molecule has 1 heterocycles. The lowest BCUT2D eigenvalue weighted by Crippen LogP contribution is -2.37. The maximum atomic E-state index is 12.0. The maximum Gasteiger partial charge on any atom is 0.274 e. The van der Waals surface area contributed by atoms with Gasteiger partial charge in [-0.05, 0) is 25.8 Å². The van der Waals surface area contributed by atoms with Crippen molar-refractivity contribution in [1.29, 1.82) is 0 Å². The number of rotatable bonds is 7. The monoisotopic (exact) mass is 312 g/mol. The number of carbonyl (C=O) groups is 1. The summed E-state index contributed by atoms with van der Waals surface area (Å²) >= 11 is 0. The van der Waals surface area contributed by atoms with Crippen LogP contribution in [0.2, 0.25) is 0 Å². The molecule has 1 rings (SSSR count). The highest BCUT2D eigenvalue weighted by Crippen LogP contribution is 2.24. The van der Waals surface area contributed by atoms with Gasteiger partial charge in [-0.25, -0.2) is 0 Å². The first-order chi connectivity index (χ1) is 10.4. The van der Waals surface area contributed by atoms with E-state index < -0.39 is 5.91 Å². The summed E-state index contributed by atoms with van der Waals surface area (Å²) in [7, 11) is 0. The van der Waals surface area contributed by atoms with Crippen LogP contribution in [0.15, 0.2) is 23.3 Å². The fourth-order valence-electron chi connectivity index (χ4n) is 2.24. The van der Waals surface area contributed by atoms with E-state index in [4.69, 9.17) is 21.3 Å². The first-order valence-corrected chi connectivity index (χ1v) is 7.65. The minimum Gasteiger partial charge on any atom is -0.394 e. The SMILES string of the molecule is CCC/C=C(\N)NC(=O)/C(N)=C(\C)NC1OC(CO)CC1C. The molecule has 0 saturated carbocycles. The molecule has 0 bridgehead atoms. The summed E-state index contributed by atoms with van der Waals surface area (Å²) in [6.45, 7) is 5.74. The molecule has 0 aromatic rings. The molecule has 126 valence electrons. The summed E-state index contributed by atoms with van der Waals surface area (Å²) in [5.41, 5.74) is 12.1. The van der Waals surface area contributed by atoms with Gasteiger partial charge in [0.25, 0.3) is 5.91 Å². The van der Waals surface area contributed by atoms with Gasteiger partial charge in [0.1, 0.15) is 11.9 Å². The van der Waals surface area contributed by atoms with Gasteiger partial charge in [-0.2, -0.15) is 0 Å². The van der Waals surface area contributed by atoms with Crippen molar-refractivity contribution >= 4 is 5.91 Å². The lowest BCUT2D eigenvalue weighted by atomic mass is 10.1. The molecule has 1 saturated heterocycles. The lowest BCUT2D eigenvalue weighted by Gasteiger charge is -2.20. The van der Waals surface area contributed by atoms with E-state index in [0.29, 0.717) is 11.5 Å². The summed E-state index contributed by atoms with van der Waals surface area (Å²) < 4.78 is 5.64. The third-order valence-corrected chi connectivity index (χ3v) is 3.61. The predicted octanol–water partition coefficient (Wildman–Crippen LogP) is 0.226. The number of amides is 1. The van der Waals surface area contributed by atoms with E-state index in [1.54, 1.807) is 13.0 Å². The van der Waals surface area contributed by atoms with E-state index in [-0.39, 0.29) is 30.6 Å². The van der Waals surface area contributed by atoms with Crippen LogP contribution in [-0.4, -0.2) is 30.0 Å². The van der Waals surface area contributed by atoms with Gasteiger partial charge in [-0.15, -0.1) is 0 Å². The number of allylic oxidation sites excluding steroid dienone is 2. The van der Waals surface area contributed by atoms with Gasteiger partial charge in [0.05, 0.1) is 18.5 Å². The molecule has 0 spiro atoms. The topological polar surface area (TPSA) is 123 Å². The Balaban J connectivity index is 2.62. The molecule has 0 aromatic carbocycles. The van der Waals surface area contributed by atoms with E-state index in [9.17, 15) is 4.79 Å². The Kier molecular flexibility index (Phi) is 7.20. The number of aliphatic hydroxyl groups is 1. The lowest BCUT2D eigenvalue weighted by molar-refractivity contribution is -0.117. The molecule has 3 atom stereocenters. The molecule has 1 aliphatic heterocycles. The molecule has 0 aliphatic carbocycles. The largest absolute Gasteiger partial charge is 0.394 e. The summed E-state index contributed by atoms with van der Waals surface area (Å²) in [5.74, 6) is 0.0742. The molecule has 1 amide bonds. The Bertz CT molecular complexity index is 448. The number of carbonyl (C=O) groups excluding carboxylic acids is 1. The molecule has 7 heteroatoms. The zero-order valence-electron chi connectivity index (χ0n) is 13.6. The van der Waals surface area contributed by atoms with Gasteiger partial charge < -0.3 is 31.9 Å². The van der Waals surface area contributed by atoms with Crippen molar-refractivity contribution < 1.29 is 14.6 Å². The minimum atomic E-state index is -0.445. The number of nitrogens with two attached hydrogens (primary N) is 2. The van der Waals surface area contributed by atoms with E-state index in [1.165, 1.54) is 0 Å². The Hall–Kier alpha value is -1.73. The zero-order valence-corrected chi connectivity index (χ0v) is 13.6. The third-order valence-electron chi connectivity index (χ3n) is 3.61. The smallest absolute Gasteiger partial charge is 0.274 e. The second kappa shape index (κ2) is 8.65. The van der Waals surface area contributed by atoms with Crippen molar-refractivity contribution in [1.82, 2.24) is 10.6 Å². The zero-order chi connectivity index (χ0) is 16.7. The Morgan fingerprint density at radius 1 is 1.45 bits per heavy atom. The van der Waals surface area contributed by atoms with Crippen molar-refractivity contribution in [3.05, 3.63) is 23.3 Å². The van der Waals surface area contributed by atoms with Crippen molar-refractivity contribution in [2.45, 2.75) is 52.4 Å². The summed E-state index contributed by atoms with van der Waals surface area (Å²) in [6, 6.07) is 0. The Morgan fingerprint density at radius 3 is 2.68 bits per heavy atom. The van der Waals surface area contributed by atoms with Crippen LogP contribution in [-0.2, 0) is 9.53 Å².